The van der Waals surface area contributed by atoms with E-state index in [-0.39, 0.29) is 5.56 Å². The molecule has 0 aliphatic rings. The maximum absolute atomic E-state index is 11.5. The van der Waals surface area contributed by atoms with Gasteiger partial charge in [-0.25, -0.2) is 14.6 Å². The summed E-state index contributed by atoms with van der Waals surface area (Å²) in [5.74, 6) is -0.408. The number of aromatic carboxylic acids is 1. The molecule has 2 aromatic carbocycles. The Morgan fingerprint density at radius 3 is 2.79 bits per heavy atom. The lowest BCUT2D eigenvalue weighted by Crippen LogP contribution is -1.97. The molecule has 24 heavy (non-hydrogen) atoms. The average Bonchev–Trinajstić information content (AvgIpc) is 2.97. The third-order valence-electron chi connectivity index (χ3n) is 3.95. The van der Waals surface area contributed by atoms with Gasteiger partial charge >= 0.3 is 11.6 Å². The normalized spacial score (nSPS) is 11.2. The first-order valence-electron chi connectivity index (χ1n) is 7.29. The zero-order chi connectivity index (χ0) is 16.8. The van der Waals surface area contributed by atoms with Gasteiger partial charge in [0.1, 0.15) is 11.4 Å². The maximum atomic E-state index is 11.5. The number of carboxylic acids is 1. The number of aryl methyl sites for hydroxylation is 1. The fourth-order valence-electron chi connectivity index (χ4n) is 2.75. The summed E-state index contributed by atoms with van der Waals surface area (Å²) < 4.78 is 5.25. The van der Waals surface area contributed by atoms with E-state index in [2.05, 4.69) is 9.97 Å². The number of carbonyl (C=O) groups is 1. The molecule has 0 aliphatic carbocycles. The van der Waals surface area contributed by atoms with Crippen molar-refractivity contribution in [1.82, 2.24) is 9.97 Å². The topological polar surface area (TPSA) is 96.2 Å². The lowest BCUT2D eigenvalue weighted by atomic mass is 10.1. The van der Waals surface area contributed by atoms with E-state index in [0.29, 0.717) is 22.4 Å². The largest absolute Gasteiger partial charge is 0.478 e. The van der Waals surface area contributed by atoms with E-state index < -0.39 is 11.6 Å². The van der Waals surface area contributed by atoms with Crippen molar-refractivity contribution in [2.24, 2.45) is 0 Å². The van der Waals surface area contributed by atoms with E-state index in [1.54, 1.807) is 18.2 Å². The van der Waals surface area contributed by atoms with Crippen LogP contribution < -0.4 is 5.63 Å². The lowest BCUT2D eigenvalue weighted by Gasteiger charge is -2.02. The summed E-state index contributed by atoms with van der Waals surface area (Å²) in [4.78, 5) is 30.2. The first kappa shape index (κ1) is 14.2. The molecule has 4 aromatic rings. The molecule has 0 fully saturated rings. The summed E-state index contributed by atoms with van der Waals surface area (Å²) in [5, 5.41) is 9.93. The lowest BCUT2D eigenvalue weighted by molar-refractivity contribution is 0.0697. The zero-order valence-electron chi connectivity index (χ0n) is 12.7. The van der Waals surface area contributed by atoms with Crippen LogP contribution in [0.3, 0.4) is 0 Å². The predicted molar refractivity (Wildman–Crippen MR) is 89.3 cm³/mol. The fraction of sp³-hybridized carbons (Fsp3) is 0.0556. The predicted octanol–water partition coefficient (Wildman–Crippen LogP) is 3.34. The van der Waals surface area contributed by atoms with Crippen LogP contribution in [0, 0.1) is 6.92 Å². The molecular formula is C18H12N2O4. The van der Waals surface area contributed by atoms with Crippen LogP contribution in [0.2, 0.25) is 0 Å². The van der Waals surface area contributed by atoms with Gasteiger partial charge in [0.15, 0.2) is 0 Å². The summed E-state index contributed by atoms with van der Waals surface area (Å²) in [6, 6.07) is 11.7. The minimum atomic E-state index is -0.990. The van der Waals surface area contributed by atoms with Crippen LogP contribution >= 0.6 is 0 Å². The third kappa shape index (κ3) is 2.25. The van der Waals surface area contributed by atoms with Crippen molar-refractivity contribution >= 4 is 28.0 Å². The van der Waals surface area contributed by atoms with Gasteiger partial charge in [0.05, 0.1) is 16.6 Å². The van der Waals surface area contributed by atoms with Gasteiger partial charge in [-0.3, -0.25) is 0 Å². The van der Waals surface area contributed by atoms with E-state index in [1.807, 2.05) is 19.1 Å². The van der Waals surface area contributed by atoms with E-state index in [9.17, 15) is 9.59 Å². The molecule has 6 nitrogen and oxygen atoms in total. The summed E-state index contributed by atoms with van der Waals surface area (Å²) >= 11 is 0. The van der Waals surface area contributed by atoms with E-state index in [1.165, 1.54) is 12.1 Å². The van der Waals surface area contributed by atoms with Crippen LogP contribution in [0.5, 0.6) is 0 Å². The Kier molecular flexibility index (Phi) is 2.99. The summed E-state index contributed by atoms with van der Waals surface area (Å²) in [6.07, 6.45) is 0. The Labute approximate surface area is 135 Å². The Hall–Kier alpha value is -3.41. The zero-order valence-corrected chi connectivity index (χ0v) is 12.7. The van der Waals surface area contributed by atoms with Crippen molar-refractivity contribution in [3.8, 4) is 11.4 Å². The number of benzene rings is 2. The highest BCUT2D eigenvalue weighted by atomic mass is 16.4. The molecular weight excluding hydrogens is 308 g/mol. The second-order valence-corrected chi connectivity index (χ2v) is 5.58. The van der Waals surface area contributed by atoms with Gasteiger partial charge < -0.3 is 14.5 Å². The van der Waals surface area contributed by atoms with Crippen molar-refractivity contribution < 1.29 is 14.3 Å². The summed E-state index contributed by atoms with van der Waals surface area (Å²) in [7, 11) is 0. The van der Waals surface area contributed by atoms with Crippen LogP contribution in [0.25, 0.3) is 33.4 Å². The number of hydrogen-bond donors (Lipinski definition) is 2. The van der Waals surface area contributed by atoms with Crippen molar-refractivity contribution in [2.45, 2.75) is 6.92 Å². The van der Waals surface area contributed by atoms with Gasteiger partial charge in [-0.2, -0.15) is 0 Å². The number of imidazole rings is 1. The highest BCUT2D eigenvalue weighted by Crippen LogP contribution is 2.25. The van der Waals surface area contributed by atoms with Crippen LogP contribution in [-0.4, -0.2) is 21.0 Å². The van der Waals surface area contributed by atoms with Crippen molar-refractivity contribution in [3.63, 3.8) is 0 Å². The van der Waals surface area contributed by atoms with Crippen molar-refractivity contribution in [2.75, 3.05) is 0 Å². The average molecular weight is 320 g/mol. The number of nitrogens with zero attached hydrogens (tertiary/aromatic N) is 1. The standard InChI is InChI=1S/C18H12N2O4/c1-9-6-16(21)24-15-8-10(2-4-12(9)15)17-19-13-5-3-11(18(22)23)7-14(13)20-17/h2-8H,1H3,(H,19,20)(H,22,23). The number of nitrogens with one attached hydrogen (secondary N) is 1. The van der Waals surface area contributed by atoms with Crippen LogP contribution in [0.1, 0.15) is 15.9 Å². The van der Waals surface area contributed by atoms with Gasteiger partial charge in [0.25, 0.3) is 0 Å². The molecule has 118 valence electrons. The molecule has 0 aliphatic heterocycles. The van der Waals surface area contributed by atoms with E-state index in [0.717, 1.165) is 16.5 Å². The van der Waals surface area contributed by atoms with Gasteiger partial charge in [-0.1, -0.05) is 12.1 Å². The Morgan fingerprint density at radius 2 is 2.00 bits per heavy atom. The number of rotatable bonds is 2. The molecule has 0 saturated heterocycles. The fourth-order valence-corrected chi connectivity index (χ4v) is 2.75. The highest BCUT2D eigenvalue weighted by molar-refractivity contribution is 5.93. The summed E-state index contributed by atoms with van der Waals surface area (Å²) in [6.45, 7) is 1.85. The Morgan fingerprint density at radius 1 is 1.17 bits per heavy atom. The van der Waals surface area contributed by atoms with Crippen LogP contribution in [0.15, 0.2) is 51.7 Å². The monoisotopic (exact) mass is 320 g/mol. The molecule has 0 unspecified atom stereocenters. The maximum Gasteiger partial charge on any atom is 0.336 e. The molecule has 0 atom stereocenters. The molecule has 2 heterocycles. The Bertz CT molecular complexity index is 1170. The number of fused-ring (bicyclic) bond motifs is 2. The minimum absolute atomic E-state index is 0.192. The quantitative estimate of drug-likeness (QED) is 0.552. The van der Waals surface area contributed by atoms with Gasteiger partial charge in [-0.05, 0) is 36.8 Å². The van der Waals surface area contributed by atoms with Crippen LogP contribution in [-0.2, 0) is 0 Å². The minimum Gasteiger partial charge on any atom is -0.478 e. The molecule has 4 rings (SSSR count). The first-order chi connectivity index (χ1) is 11.5. The molecule has 0 spiro atoms. The number of aromatic nitrogens is 2. The van der Waals surface area contributed by atoms with Crippen molar-refractivity contribution in [3.05, 3.63) is 64.0 Å². The molecule has 0 saturated carbocycles. The number of carboxylic acid groups (broad SMARTS) is 1. The van der Waals surface area contributed by atoms with Gasteiger partial charge in [0, 0.05) is 17.0 Å². The highest BCUT2D eigenvalue weighted by Gasteiger charge is 2.10. The number of hydrogen-bond acceptors (Lipinski definition) is 4. The molecule has 0 radical (unpaired) electrons. The van der Waals surface area contributed by atoms with Crippen LogP contribution in [0.4, 0.5) is 0 Å². The molecule has 2 aromatic heterocycles. The summed E-state index contributed by atoms with van der Waals surface area (Å²) in [5.41, 5.74) is 3.19. The second kappa shape index (κ2) is 5.06. The Balaban J connectivity index is 1.89. The van der Waals surface area contributed by atoms with Gasteiger partial charge in [-0.15, -0.1) is 0 Å². The molecule has 0 amide bonds. The van der Waals surface area contributed by atoms with E-state index >= 15 is 0 Å². The smallest absolute Gasteiger partial charge is 0.336 e. The second-order valence-electron chi connectivity index (χ2n) is 5.58. The number of aromatic amines is 1. The number of H-pyrrole nitrogens is 1. The van der Waals surface area contributed by atoms with Crippen molar-refractivity contribution in [1.29, 1.82) is 0 Å². The van der Waals surface area contributed by atoms with Gasteiger partial charge in [0.2, 0.25) is 0 Å². The molecule has 6 heteroatoms. The first-order valence-corrected chi connectivity index (χ1v) is 7.29. The van der Waals surface area contributed by atoms with E-state index in [4.69, 9.17) is 9.52 Å². The molecule has 0 bridgehead atoms. The SMILES string of the molecule is Cc1cc(=O)oc2cc(-c3nc4ccc(C(=O)O)cc4[nH]3)ccc12. The third-order valence-corrected chi connectivity index (χ3v) is 3.95. The molecule has 2 N–H and O–H groups in total.